The number of primary amides is 1. The lowest BCUT2D eigenvalue weighted by atomic mass is 9.89. The smallest absolute Gasteiger partial charge is 0.239 e. The summed E-state index contributed by atoms with van der Waals surface area (Å²) in [5, 5.41) is 0.935. The van der Waals surface area contributed by atoms with Crippen molar-refractivity contribution in [3.05, 3.63) is 24.3 Å². The van der Waals surface area contributed by atoms with E-state index >= 15 is 0 Å². The van der Waals surface area contributed by atoms with Crippen LogP contribution in [-0.4, -0.2) is 29.0 Å². The van der Waals surface area contributed by atoms with Crippen LogP contribution in [0.2, 0.25) is 0 Å². The minimum atomic E-state index is -0.525. The number of benzene rings is 1. The molecule has 0 spiro atoms. The first-order chi connectivity index (χ1) is 10.0. The molecule has 2 aromatic rings. The van der Waals surface area contributed by atoms with E-state index in [0.717, 1.165) is 23.3 Å². The van der Waals surface area contributed by atoms with Crippen LogP contribution in [0.25, 0.3) is 10.9 Å². The van der Waals surface area contributed by atoms with Crippen LogP contribution in [0.4, 0.5) is 11.8 Å². The maximum Gasteiger partial charge on any atom is 0.239 e. The van der Waals surface area contributed by atoms with E-state index in [9.17, 15) is 4.79 Å². The number of carbonyl (C=O) groups is 1. The second-order valence-corrected chi connectivity index (χ2v) is 5.63. The number of para-hydroxylation sites is 1. The highest BCUT2D eigenvalue weighted by Crippen LogP contribution is 2.35. The number of fused-ring (bicyclic) bond motifs is 1. The van der Waals surface area contributed by atoms with Crippen molar-refractivity contribution in [2.75, 3.05) is 23.4 Å². The summed E-state index contributed by atoms with van der Waals surface area (Å²) in [6, 6.07) is 7.72. The van der Waals surface area contributed by atoms with Crippen LogP contribution in [0.1, 0.15) is 13.3 Å². The van der Waals surface area contributed by atoms with Gasteiger partial charge in [0.25, 0.3) is 0 Å². The van der Waals surface area contributed by atoms with Gasteiger partial charge < -0.3 is 10.6 Å². The first-order valence-corrected chi connectivity index (χ1v) is 6.82. The summed E-state index contributed by atoms with van der Waals surface area (Å²) in [5.74, 6) is 6.30. The summed E-state index contributed by atoms with van der Waals surface area (Å²) >= 11 is 0. The molecule has 7 heteroatoms. The predicted octanol–water partition coefficient (Wildman–Crippen LogP) is 0.617. The fraction of sp³-hybridized carbons (Fsp3) is 0.357. The monoisotopic (exact) mass is 286 g/mol. The van der Waals surface area contributed by atoms with Gasteiger partial charge in [0.05, 0.1) is 10.9 Å². The Morgan fingerprint density at radius 1 is 1.38 bits per heavy atom. The molecule has 0 bridgehead atoms. The van der Waals surface area contributed by atoms with E-state index in [1.807, 2.05) is 31.2 Å². The topological polar surface area (TPSA) is 110 Å². The number of nitrogens with zero attached hydrogens (tertiary/aromatic N) is 3. The van der Waals surface area contributed by atoms with E-state index in [1.54, 1.807) is 0 Å². The Labute approximate surface area is 122 Å². The summed E-state index contributed by atoms with van der Waals surface area (Å²) in [4.78, 5) is 22.5. The van der Waals surface area contributed by atoms with Gasteiger partial charge in [0.2, 0.25) is 11.9 Å². The summed E-state index contributed by atoms with van der Waals surface area (Å²) in [6.07, 6.45) is 0.714. The van der Waals surface area contributed by atoms with Crippen molar-refractivity contribution >= 4 is 28.6 Å². The van der Waals surface area contributed by atoms with Crippen LogP contribution in [0, 0.1) is 5.41 Å². The highest BCUT2D eigenvalue weighted by atomic mass is 16.1. The number of hydrogen-bond acceptors (Lipinski definition) is 6. The van der Waals surface area contributed by atoms with Crippen LogP contribution >= 0.6 is 0 Å². The molecule has 110 valence electrons. The zero-order valence-corrected chi connectivity index (χ0v) is 11.8. The summed E-state index contributed by atoms with van der Waals surface area (Å²) in [5.41, 5.74) is 8.28. The maximum atomic E-state index is 11.6. The number of hydrazine groups is 1. The zero-order chi connectivity index (χ0) is 15.0. The normalized spacial score (nSPS) is 21.7. The molecule has 5 N–H and O–H groups in total. The minimum Gasteiger partial charge on any atom is -0.369 e. The van der Waals surface area contributed by atoms with E-state index in [0.29, 0.717) is 18.9 Å². The predicted molar refractivity (Wildman–Crippen MR) is 81.5 cm³/mol. The molecule has 0 aliphatic carbocycles. The molecule has 0 saturated carbocycles. The molecule has 1 aliphatic rings. The van der Waals surface area contributed by atoms with Crippen LogP contribution in [0.15, 0.2) is 24.3 Å². The van der Waals surface area contributed by atoms with Crippen molar-refractivity contribution in [1.29, 1.82) is 0 Å². The SMILES string of the molecule is CC1(C(N)=O)CCN(c2nc(NN)nc3ccccc23)C1. The summed E-state index contributed by atoms with van der Waals surface area (Å²) < 4.78 is 0. The number of nitrogens with two attached hydrogens (primary N) is 2. The average molecular weight is 286 g/mol. The highest BCUT2D eigenvalue weighted by Gasteiger charge is 2.39. The maximum absolute atomic E-state index is 11.6. The average Bonchev–Trinajstić information content (AvgIpc) is 2.90. The molecule has 1 unspecified atom stereocenters. The van der Waals surface area contributed by atoms with Gasteiger partial charge in [-0.1, -0.05) is 12.1 Å². The Balaban J connectivity index is 2.06. The molecule has 1 aromatic heterocycles. The Kier molecular flexibility index (Phi) is 3.13. The van der Waals surface area contributed by atoms with Crippen molar-refractivity contribution < 1.29 is 4.79 Å². The lowest BCUT2D eigenvalue weighted by Gasteiger charge is -2.23. The molecule has 21 heavy (non-hydrogen) atoms. The van der Waals surface area contributed by atoms with Crippen molar-refractivity contribution in [2.45, 2.75) is 13.3 Å². The number of hydrogen-bond donors (Lipinski definition) is 3. The second kappa shape index (κ2) is 4.85. The number of anilines is 2. The lowest BCUT2D eigenvalue weighted by Crippen LogP contribution is -2.37. The molecule has 0 radical (unpaired) electrons. The third kappa shape index (κ3) is 2.25. The molecule has 1 aromatic carbocycles. The minimum absolute atomic E-state index is 0.277. The molecule has 2 heterocycles. The van der Waals surface area contributed by atoms with E-state index < -0.39 is 5.41 Å². The lowest BCUT2D eigenvalue weighted by molar-refractivity contribution is -0.125. The molecule has 7 nitrogen and oxygen atoms in total. The van der Waals surface area contributed by atoms with E-state index in [1.165, 1.54) is 0 Å². The summed E-state index contributed by atoms with van der Waals surface area (Å²) in [7, 11) is 0. The highest BCUT2D eigenvalue weighted by molar-refractivity contribution is 5.91. The quantitative estimate of drug-likeness (QED) is 0.563. The van der Waals surface area contributed by atoms with E-state index in [4.69, 9.17) is 11.6 Å². The van der Waals surface area contributed by atoms with Crippen LogP contribution < -0.4 is 21.9 Å². The van der Waals surface area contributed by atoms with Crippen molar-refractivity contribution in [1.82, 2.24) is 9.97 Å². The van der Waals surface area contributed by atoms with Crippen LogP contribution in [-0.2, 0) is 4.79 Å². The van der Waals surface area contributed by atoms with Gasteiger partial charge in [-0.15, -0.1) is 0 Å². The van der Waals surface area contributed by atoms with E-state index in [-0.39, 0.29) is 5.91 Å². The first-order valence-electron chi connectivity index (χ1n) is 6.82. The van der Waals surface area contributed by atoms with E-state index in [2.05, 4.69) is 20.3 Å². The molecule has 1 fully saturated rings. The van der Waals surface area contributed by atoms with Gasteiger partial charge in [-0.3, -0.25) is 10.2 Å². The second-order valence-electron chi connectivity index (χ2n) is 5.63. The standard InChI is InChI=1S/C14H18N6O/c1-14(12(15)21)6-7-20(8-14)11-9-4-2-3-5-10(9)17-13(18-11)19-16/h2-5H,6-8,16H2,1H3,(H2,15,21)(H,17,18,19). The largest absolute Gasteiger partial charge is 0.369 e. The van der Waals surface area contributed by atoms with Gasteiger partial charge in [0, 0.05) is 18.5 Å². The van der Waals surface area contributed by atoms with Crippen molar-refractivity contribution in [3.63, 3.8) is 0 Å². The molecule has 1 atom stereocenters. The molecule has 1 amide bonds. The number of carbonyl (C=O) groups excluding carboxylic acids is 1. The molecule has 1 aliphatic heterocycles. The van der Waals surface area contributed by atoms with Gasteiger partial charge in [0.15, 0.2) is 0 Å². The first kappa shape index (κ1) is 13.6. The van der Waals surface area contributed by atoms with Gasteiger partial charge in [-0.2, -0.15) is 4.98 Å². The molecule has 3 rings (SSSR count). The third-order valence-corrected chi connectivity index (χ3v) is 4.08. The van der Waals surface area contributed by atoms with Gasteiger partial charge >= 0.3 is 0 Å². The fourth-order valence-corrected chi connectivity index (χ4v) is 2.71. The Morgan fingerprint density at radius 3 is 2.81 bits per heavy atom. The Morgan fingerprint density at radius 2 is 2.14 bits per heavy atom. The molecular weight excluding hydrogens is 268 g/mol. The molecule has 1 saturated heterocycles. The number of nitrogens with one attached hydrogen (secondary N) is 1. The Hall–Kier alpha value is -2.41. The molecular formula is C14H18N6O. The van der Waals surface area contributed by atoms with Gasteiger partial charge in [0.1, 0.15) is 5.82 Å². The van der Waals surface area contributed by atoms with Crippen LogP contribution in [0.3, 0.4) is 0 Å². The Bertz CT molecular complexity index is 703. The summed E-state index contributed by atoms with van der Waals surface area (Å²) in [6.45, 7) is 3.17. The number of nitrogen functional groups attached to an aromatic ring is 1. The number of rotatable bonds is 3. The number of amides is 1. The number of aromatic nitrogens is 2. The zero-order valence-electron chi connectivity index (χ0n) is 11.8. The van der Waals surface area contributed by atoms with Gasteiger partial charge in [-0.25, -0.2) is 10.8 Å². The van der Waals surface area contributed by atoms with Crippen LogP contribution in [0.5, 0.6) is 0 Å². The third-order valence-electron chi connectivity index (χ3n) is 4.08. The van der Waals surface area contributed by atoms with Gasteiger partial charge in [-0.05, 0) is 25.5 Å². The van der Waals surface area contributed by atoms with Crippen molar-refractivity contribution in [2.24, 2.45) is 17.0 Å². The van der Waals surface area contributed by atoms with Crippen molar-refractivity contribution in [3.8, 4) is 0 Å². The fourth-order valence-electron chi connectivity index (χ4n) is 2.71.